The Kier molecular flexibility index (Phi) is 4.40. The van der Waals surface area contributed by atoms with E-state index in [9.17, 15) is 0 Å². The molecule has 0 unspecified atom stereocenters. The molecule has 0 radical (unpaired) electrons. The van der Waals surface area contributed by atoms with Crippen LogP contribution in [0.15, 0.2) is 24.3 Å². The second-order valence-corrected chi connectivity index (χ2v) is 4.75. The van der Waals surface area contributed by atoms with Crippen molar-refractivity contribution in [2.45, 2.75) is 19.9 Å². The van der Waals surface area contributed by atoms with E-state index < -0.39 is 0 Å². The molecule has 0 bridgehead atoms. The number of nitrogens with one attached hydrogen (secondary N) is 1. The van der Waals surface area contributed by atoms with E-state index in [4.69, 9.17) is 4.74 Å². The third-order valence-corrected chi connectivity index (χ3v) is 3.28. The van der Waals surface area contributed by atoms with E-state index in [2.05, 4.69) is 36.2 Å². The zero-order chi connectivity index (χ0) is 12.1. The maximum absolute atomic E-state index is 5.78. The first-order valence-corrected chi connectivity index (χ1v) is 6.40. The number of hydrogen-bond donors (Lipinski definition) is 1. The molecule has 1 heterocycles. The lowest BCUT2D eigenvalue weighted by Gasteiger charge is -2.33. The Bertz CT molecular complexity index is 354. The minimum atomic E-state index is 0.616. The van der Waals surface area contributed by atoms with Crippen LogP contribution >= 0.6 is 0 Å². The lowest BCUT2D eigenvalue weighted by Crippen LogP contribution is -2.50. The maximum Gasteiger partial charge on any atom is 0.119 e. The van der Waals surface area contributed by atoms with E-state index >= 15 is 0 Å². The minimum Gasteiger partial charge on any atom is -0.492 e. The van der Waals surface area contributed by atoms with Gasteiger partial charge in [-0.05, 0) is 31.5 Å². The molecule has 1 aliphatic heterocycles. The molecule has 1 aliphatic rings. The van der Waals surface area contributed by atoms with Gasteiger partial charge in [-0.25, -0.2) is 0 Å². The van der Waals surface area contributed by atoms with Crippen molar-refractivity contribution in [3.8, 4) is 5.75 Å². The standard InChI is InChI=1S/C14H22N2O/c1-12-4-3-5-14(10-12)17-9-8-16-7-6-15-11-13(16)2/h3-5,10,13,15H,6-9,11H2,1-2H3/t13-/m0/s1. The Hall–Kier alpha value is -1.06. The summed E-state index contributed by atoms with van der Waals surface area (Å²) in [5, 5.41) is 3.40. The average molecular weight is 234 g/mol. The van der Waals surface area contributed by atoms with Gasteiger partial charge in [-0.1, -0.05) is 12.1 Å². The van der Waals surface area contributed by atoms with E-state index in [0.717, 1.165) is 38.5 Å². The predicted molar refractivity (Wildman–Crippen MR) is 70.6 cm³/mol. The van der Waals surface area contributed by atoms with E-state index in [-0.39, 0.29) is 0 Å². The molecule has 0 amide bonds. The molecule has 0 spiro atoms. The molecular weight excluding hydrogens is 212 g/mol. The van der Waals surface area contributed by atoms with Crippen LogP contribution < -0.4 is 10.1 Å². The number of piperazine rings is 1. The van der Waals surface area contributed by atoms with Crippen molar-refractivity contribution in [2.75, 3.05) is 32.8 Å². The third-order valence-electron chi connectivity index (χ3n) is 3.28. The molecule has 94 valence electrons. The van der Waals surface area contributed by atoms with Crippen molar-refractivity contribution in [1.82, 2.24) is 10.2 Å². The second-order valence-electron chi connectivity index (χ2n) is 4.75. The second kappa shape index (κ2) is 6.03. The van der Waals surface area contributed by atoms with Gasteiger partial charge >= 0.3 is 0 Å². The predicted octanol–water partition coefficient (Wildman–Crippen LogP) is 1.67. The van der Waals surface area contributed by atoms with Gasteiger partial charge in [-0.3, -0.25) is 4.90 Å². The molecular formula is C14H22N2O. The average Bonchev–Trinajstić information content (AvgIpc) is 2.32. The van der Waals surface area contributed by atoms with Gasteiger partial charge < -0.3 is 10.1 Å². The largest absolute Gasteiger partial charge is 0.492 e. The zero-order valence-electron chi connectivity index (χ0n) is 10.8. The fraction of sp³-hybridized carbons (Fsp3) is 0.571. The van der Waals surface area contributed by atoms with Gasteiger partial charge in [0.2, 0.25) is 0 Å². The molecule has 3 heteroatoms. The molecule has 0 aromatic heterocycles. The van der Waals surface area contributed by atoms with Crippen LogP contribution in [-0.4, -0.2) is 43.7 Å². The molecule has 17 heavy (non-hydrogen) atoms. The third kappa shape index (κ3) is 3.72. The first-order chi connectivity index (χ1) is 8.25. The first kappa shape index (κ1) is 12.4. The van der Waals surface area contributed by atoms with Crippen LogP contribution in [-0.2, 0) is 0 Å². The molecule has 0 aliphatic carbocycles. The van der Waals surface area contributed by atoms with Gasteiger partial charge in [0.05, 0.1) is 0 Å². The summed E-state index contributed by atoms with van der Waals surface area (Å²) >= 11 is 0. The smallest absolute Gasteiger partial charge is 0.119 e. The van der Waals surface area contributed by atoms with Crippen LogP contribution in [0.1, 0.15) is 12.5 Å². The molecule has 1 saturated heterocycles. The highest BCUT2D eigenvalue weighted by Gasteiger charge is 2.16. The van der Waals surface area contributed by atoms with Crippen LogP contribution in [0.4, 0.5) is 0 Å². The van der Waals surface area contributed by atoms with Crippen molar-refractivity contribution in [1.29, 1.82) is 0 Å². The van der Waals surface area contributed by atoms with Crippen LogP contribution in [0.2, 0.25) is 0 Å². The Balaban J connectivity index is 1.75. The summed E-state index contributed by atoms with van der Waals surface area (Å²) in [4.78, 5) is 2.48. The van der Waals surface area contributed by atoms with Gasteiger partial charge in [0.1, 0.15) is 12.4 Å². The zero-order valence-corrected chi connectivity index (χ0v) is 10.8. The quantitative estimate of drug-likeness (QED) is 0.857. The van der Waals surface area contributed by atoms with E-state index in [1.165, 1.54) is 5.56 Å². The minimum absolute atomic E-state index is 0.616. The van der Waals surface area contributed by atoms with Crippen molar-refractivity contribution in [3.63, 3.8) is 0 Å². The summed E-state index contributed by atoms with van der Waals surface area (Å²) in [7, 11) is 0. The van der Waals surface area contributed by atoms with Crippen LogP contribution in [0.25, 0.3) is 0 Å². The highest BCUT2D eigenvalue weighted by Crippen LogP contribution is 2.12. The molecule has 2 rings (SSSR count). The summed E-state index contributed by atoms with van der Waals surface area (Å²) < 4.78 is 5.78. The normalized spacial score (nSPS) is 21.4. The fourth-order valence-electron chi connectivity index (χ4n) is 2.20. The molecule has 1 N–H and O–H groups in total. The lowest BCUT2D eigenvalue weighted by atomic mass is 10.2. The van der Waals surface area contributed by atoms with Crippen molar-refractivity contribution in [2.24, 2.45) is 0 Å². The van der Waals surface area contributed by atoms with Gasteiger partial charge in [0.15, 0.2) is 0 Å². The van der Waals surface area contributed by atoms with E-state index in [0.29, 0.717) is 6.04 Å². The molecule has 1 aromatic carbocycles. The number of nitrogens with zero attached hydrogens (tertiary/aromatic N) is 1. The maximum atomic E-state index is 5.78. The molecule has 3 nitrogen and oxygen atoms in total. The number of rotatable bonds is 4. The van der Waals surface area contributed by atoms with Gasteiger partial charge in [-0.2, -0.15) is 0 Å². The Labute approximate surface area is 104 Å². The molecule has 0 saturated carbocycles. The van der Waals surface area contributed by atoms with Crippen molar-refractivity contribution < 1.29 is 4.74 Å². The van der Waals surface area contributed by atoms with Crippen molar-refractivity contribution >= 4 is 0 Å². The highest BCUT2D eigenvalue weighted by molar-refractivity contribution is 5.27. The number of hydrogen-bond acceptors (Lipinski definition) is 3. The van der Waals surface area contributed by atoms with Crippen LogP contribution in [0.3, 0.4) is 0 Å². The molecule has 1 aromatic rings. The number of ether oxygens (including phenoxy) is 1. The first-order valence-electron chi connectivity index (χ1n) is 6.40. The Morgan fingerprint density at radius 3 is 3.12 bits per heavy atom. The van der Waals surface area contributed by atoms with Crippen molar-refractivity contribution in [3.05, 3.63) is 29.8 Å². The number of aryl methyl sites for hydroxylation is 1. The number of benzene rings is 1. The van der Waals surface area contributed by atoms with Gasteiger partial charge in [-0.15, -0.1) is 0 Å². The Morgan fingerprint density at radius 1 is 1.47 bits per heavy atom. The fourth-order valence-corrected chi connectivity index (χ4v) is 2.20. The topological polar surface area (TPSA) is 24.5 Å². The molecule has 1 atom stereocenters. The van der Waals surface area contributed by atoms with Gasteiger partial charge in [0.25, 0.3) is 0 Å². The summed E-state index contributed by atoms with van der Waals surface area (Å²) in [5.41, 5.74) is 1.25. The Morgan fingerprint density at radius 2 is 2.35 bits per heavy atom. The monoisotopic (exact) mass is 234 g/mol. The summed E-state index contributed by atoms with van der Waals surface area (Å²) in [5.74, 6) is 0.979. The lowest BCUT2D eigenvalue weighted by molar-refractivity contribution is 0.143. The van der Waals surface area contributed by atoms with E-state index in [1.807, 2.05) is 12.1 Å². The summed E-state index contributed by atoms with van der Waals surface area (Å²) in [6.07, 6.45) is 0. The summed E-state index contributed by atoms with van der Waals surface area (Å²) in [6.45, 7) is 9.44. The van der Waals surface area contributed by atoms with Crippen LogP contribution in [0, 0.1) is 6.92 Å². The van der Waals surface area contributed by atoms with Crippen LogP contribution in [0.5, 0.6) is 5.75 Å². The van der Waals surface area contributed by atoms with Gasteiger partial charge in [0, 0.05) is 32.2 Å². The van der Waals surface area contributed by atoms with E-state index in [1.54, 1.807) is 0 Å². The SMILES string of the molecule is Cc1cccc(OCCN2CCNC[C@@H]2C)c1. The molecule has 1 fully saturated rings. The highest BCUT2D eigenvalue weighted by atomic mass is 16.5. The summed E-state index contributed by atoms with van der Waals surface area (Å²) in [6, 6.07) is 8.85.